The van der Waals surface area contributed by atoms with Crippen molar-refractivity contribution in [1.29, 1.82) is 0 Å². The first-order valence-electron chi connectivity index (χ1n) is 7.88. The van der Waals surface area contributed by atoms with E-state index in [9.17, 15) is 4.39 Å². The van der Waals surface area contributed by atoms with Gasteiger partial charge < -0.3 is 4.42 Å². The zero-order valence-corrected chi connectivity index (χ0v) is 14.1. The van der Waals surface area contributed by atoms with Gasteiger partial charge in [0, 0.05) is 37.1 Å². The molecule has 0 aliphatic rings. The van der Waals surface area contributed by atoms with Crippen molar-refractivity contribution >= 4 is 10.9 Å². The number of aromatic nitrogens is 4. The predicted molar refractivity (Wildman–Crippen MR) is 90.7 cm³/mol. The SMILES string of the molecule is Cc1ncc(-c2cnc3cc(-[n+]4cc(F)cnc4C)cc(C)c3c2)o1. The Hall–Kier alpha value is -3.15. The molecule has 3 heterocycles. The molecule has 0 aliphatic carbocycles. The highest BCUT2D eigenvalue weighted by Gasteiger charge is 2.14. The lowest BCUT2D eigenvalue weighted by atomic mass is 10.1. The maximum Gasteiger partial charge on any atom is 0.300 e. The molecule has 4 rings (SSSR count). The Bertz CT molecular complexity index is 1100. The van der Waals surface area contributed by atoms with E-state index in [1.807, 2.05) is 39.0 Å². The third-order valence-corrected chi connectivity index (χ3v) is 4.15. The van der Waals surface area contributed by atoms with E-state index in [1.54, 1.807) is 17.0 Å². The van der Waals surface area contributed by atoms with Gasteiger partial charge in [-0.1, -0.05) is 4.98 Å². The monoisotopic (exact) mass is 335 g/mol. The number of hydrogen-bond acceptors (Lipinski definition) is 4. The van der Waals surface area contributed by atoms with Crippen LogP contribution in [0.5, 0.6) is 0 Å². The molecule has 0 unspecified atom stereocenters. The number of pyridine rings is 1. The molecule has 0 radical (unpaired) electrons. The average molecular weight is 335 g/mol. The molecule has 0 aliphatic heterocycles. The summed E-state index contributed by atoms with van der Waals surface area (Å²) < 4.78 is 20.9. The number of aryl methyl sites for hydroxylation is 3. The van der Waals surface area contributed by atoms with Crippen LogP contribution >= 0.6 is 0 Å². The van der Waals surface area contributed by atoms with Crippen LogP contribution in [-0.2, 0) is 0 Å². The minimum Gasteiger partial charge on any atom is -0.441 e. The van der Waals surface area contributed by atoms with Crippen LogP contribution in [0.2, 0.25) is 0 Å². The smallest absolute Gasteiger partial charge is 0.300 e. The molecule has 6 heteroatoms. The molecular weight excluding hydrogens is 319 g/mol. The number of benzene rings is 1. The largest absolute Gasteiger partial charge is 0.441 e. The van der Waals surface area contributed by atoms with Crippen molar-refractivity contribution in [2.24, 2.45) is 0 Å². The van der Waals surface area contributed by atoms with Crippen molar-refractivity contribution < 1.29 is 13.4 Å². The Balaban J connectivity index is 1.87. The van der Waals surface area contributed by atoms with E-state index in [-0.39, 0.29) is 5.82 Å². The summed E-state index contributed by atoms with van der Waals surface area (Å²) in [5, 5.41) is 1.01. The Labute approximate surface area is 143 Å². The summed E-state index contributed by atoms with van der Waals surface area (Å²) >= 11 is 0. The molecule has 3 aromatic heterocycles. The minimum atomic E-state index is -0.382. The molecule has 0 saturated heterocycles. The fraction of sp³-hybridized carbons (Fsp3) is 0.158. The Morgan fingerprint density at radius 2 is 1.80 bits per heavy atom. The maximum absolute atomic E-state index is 13.6. The van der Waals surface area contributed by atoms with Crippen molar-refractivity contribution in [2.75, 3.05) is 0 Å². The standard InChI is InChI=1S/C19H16FN4O/c1-11-4-16(24-10-15(20)8-21-12(24)2)6-18-17(11)5-14(7-23-18)19-9-22-13(3)25-19/h4-10H,1-3H3/q+1. The van der Waals surface area contributed by atoms with Gasteiger partial charge in [-0.3, -0.25) is 4.98 Å². The second-order valence-electron chi connectivity index (χ2n) is 5.99. The van der Waals surface area contributed by atoms with Gasteiger partial charge in [0.2, 0.25) is 5.82 Å². The summed E-state index contributed by atoms with van der Waals surface area (Å²) in [5.74, 6) is 1.63. The average Bonchev–Trinajstić information content (AvgIpc) is 3.03. The van der Waals surface area contributed by atoms with Crippen molar-refractivity contribution in [1.82, 2.24) is 15.0 Å². The van der Waals surface area contributed by atoms with Gasteiger partial charge in [0.05, 0.1) is 11.7 Å². The molecule has 0 N–H and O–H groups in total. The summed E-state index contributed by atoms with van der Waals surface area (Å²) in [6, 6.07) is 5.95. The highest BCUT2D eigenvalue weighted by molar-refractivity contribution is 5.86. The third kappa shape index (κ3) is 2.76. The number of nitrogens with zero attached hydrogens (tertiary/aromatic N) is 4. The van der Waals surface area contributed by atoms with E-state index in [0.29, 0.717) is 17.5 Å². The number of hydrogen-bond donors (Lipinski definition) is 0. The number of rotatable bonds is 2. The molecule has 5 nitrogen and oxygen atoms in total. The molecule has 0 fully saturated rings. The van der Waals surface area contributed by atoms with Crippen molar-refractivity contribution in [3.63, 3.8) is 0 Å². The van der Waals surface area contributed by atoms with E-state index in [4.69, 9.17) is 4.42 Å². The van der Waals surface area contributed by atoms with Gasteiger partial charge in [-0.15, -0.1) is 0 Å². The molecule has 25 heavy (non-hydrogen) atoms. The third-order valence-electron chi connectivity index (χ3n) is 4.15. The fourth-order valence-corrected chi connectivity index (χ4v) is 2.88. The Kier molecular flexibility index (Phi) is 3.53. The van der Waals surface area contributed by atoms with Crippen molar-refractivity contribution in [2.45, 2.75) is 20.8 Å². The van der Waals surface area contributed by atoms with Crippen LogP contribution in [0.15, 0.2) is 47.4 Å². The number of fused-ring (bicyclic) bond motifs is 1. The molecule has 124 valence electrons. The maximum atomic E-state index is 13.6. The first kappa shape index (κ1) is 15.4. The second-order valence-corrected chi connectivity index (χ2v) is 5.99. The highest BCUT2D eigenvalue weighted by Crippen LogP contribution is 2.26. The lowest BCUT2D eigenvalue weighted by Gasteiger charge is -2.07. The molecule has 0 amide bonds. The Morgan fingerprint density at radius 1 is 0.960 bits per heavy atom. The van der Waals surface area contributed by atoms with Gasteiger partial charge in [0.25, 0.3) is 5.82 Å². The Morgan fingerprint density at radius 3 is 2.56 bits per heavy atom. The normalized spacial score (nSPS) is 11.2. The van der Waals surface area contributed by atoms with E-state index < -0.39 is 0 Å². The summed E-state index contributed by atoms with van der Waals surface area (Å²) in [7, 11) is 0. The van der Waals surface area contributed by atoms with Gasteiger partial charge in [0.15, 0.2) is 17.8 Å². The first-order chi connectivity index (χ1) is 12.0. The molecule has 0 saturated carbocycles. The van der Waals surface area contributed by atoms with Crippen LogP contribution < -0.4 is 4.57 Å². The van der Waals surface area contributed by atoms with Crippen LogP contribution in [0.4, 0.5) is 4.39 Å². The fourth-order valence-electron chi connectivity index (χ4n) is 2.88. The zero-order chi connectivity index (χ0) is 17.6. The predicted octanol–water partition coefficient (Wildman–Crippen LogP) is 3.63. The van der Waals surface area contributed by atoms with E-state index in [2.05, 4.69) is 15.0 Å². The van der Waals surface area contributed by atoms with Gasteiger partial charge in [-0.05, 0) is 24.6 Å². The van der Waals surface area contributed by atoms with Crippen LogP contribution in [0.25, 0.3) is 27.9 Å². The molecule has 4 aromatic rings. The van der Waals surface area contributed by atoms with Crippen molar-refractivity contribution in [3.8, 4) is 17.0 Å². The van der Waals surface area contributed by atoms with Crippen LogP contribution in [0, 0.1) is 26.6 Å². The molecule has 0 atom stereocenters. The quantitative estimate of drug-likeness (QED) is 0.525. The summed E-state index contributed by atoms with van der Waals surface area (Å²) in [4.78, 5) is 12.7. The topological polar surface area (TPSA) is 55.7 Å². The van der Waals surface area contributed by atoms with Gasteiger partial charge >= 0.3 is 0 Å². The minimum absolute atomic E-state index is 0.382. The highest BCUT2D eigenvalue weighted by atomic mass is 19.1. The molecule has 0 spiro atoms. The zero-order valence-electron chi connectivity index (χ0n) is 14.1. The lowest BCUT2D eigenvalue weighted by molar-refractivity contribution is -0.608. The summed E-state index contributed by atoms with van der Waals surface area (Å²) in [6.45, 7) is 5.65. The lowest BCUT2D eigenvalue weighted by Crippen LogP contribution is -2.35. The summed E-state index contributed by atoms with van der Waals surface area (Å²) in [6.07, 6.45) is 6.09. The molecule has 0 bridgehead atoms. The first-order valence-corrected chi connectivity index (χ1v) is 7.88. The molecule has 1 aromatic carbocycles. The van der Waals surface area contributed by atoms with E-state index in [1.165, 1.54) is 12.4 Å². The summed E-state index contributed by atoms with van der Waals surface area (Å²) in [5.41, 5.74) is 3.56. The van der Waals surface area contributed by atoms with Crippen molar-refractivity contribution in [3.05, 3.63) is 66.1 Å². The second kappa shape index (κ2) is 5.73. The van der Waals surface area contributed by atoms with Gasteiger partial charge in [-0.25, -0.2) is 4.98 Å². The number of oxazole rings is 1. The van der Waals surface area contributed by atoms with Gasteiger partial charge in [-0.2, -0.15) is 8.96 Å². The number of halogens is 1. The van der Waals surface area contributed by atoms with Crippen LogP contribution in [0.3, 0.4) is 0 Å². The molecular formula is C19H16FN4O+. The van der Waals surface area contributed by atoms with Gasteiger partial charge in [0.1, 0.15) is 11.9 Å². The van der Waals surface area contributed by atoms with E-state index >= 15 is 0 Å². The van der Waals surface area contributed by atoms with E-state index in [0.717, 1.165) is 27.7 Å². The van der Waals surface area contributed by atoms with Crippen LogP contribution in [0.1, 0.15) is 17.3 Å². The van der Waals surface area contributed by atoms with Crippen LogP contribution in [-0.4, -0.2) is 15.0 Å².